The van der Waals surface area contributed by atoms with E-state index in [1.54, 1.807) is 0 Å². The van der Waals surface area contributed by atoms with Crippen LogP contribution < -0.4 is 0 Å². The summed E-state index contributed by atoms with van der Waals surface area (Å²) in [6, 6.07) is 0. The minimum Gasteiger partial charge on any atom is -0.462 e. The van der Waals surface area contributed by atoms with Gasteiger partial charge in [-0.3, -0.25) is 37.3 Å². The van der Waals surface area contributed by atoms with Gasteiger partial charge in [-0.25, -0.2) is 9.13 Å². The fraction of sp³-hybridized carbons (Fsp3) is 0.935. The largest absolute Gasteiger partial charge is 0.472 e. The third-order valence-electron chi connectivity index (χ3n) is 14.4. The van der Waals surface area contributed by atoms with E-state index < -0.39 is 97.5 Å². The lowest BCUT2D eigenvalue weighted by molar-refractivity contribution is -0.161. The maximum absolute atomic E-state index is 13.0. The molecular formula is C62H120O17P2. The molecule has 81 heavy (non-hydrogen) atoms. The molecule has 0 saturated heterocycles. The molecule has 0 amide bonds. The molecule has 0 aromatic heterocycles. The quantitative estimate of drug-likeness (QED) is 0.0222. The molecule has 3 N–H and O–H groups in total. The summed E-state index contributed by atoms with van der Waals surface area (Å²) in [5, 5.41) is 10.5. The van der Waals surface area contributed by atoms with Crippen LogP contribution in [0.15, 0.2) is 0 Å². The minimum atomic E-state index is -4.94. The van der Waals surface area contributed by atoms with Gasteiger partial charge in [-0.15, -0.1) is 0 Å². The summed E-state index contributed by atoms with van der Waals surface area (Å²) < 4.78 is 67.5. The number of hydrogen-bond donors (Lipinski definition) is 3. The number of aliphatic hydroxyl groups excluding tert-OH is 1. The van der Waals surface area contributed by atoms with Gasteiger partial charge >= 0.3 is 39.5 Å². The number of carbonyl (C=O) groups excluding carboxylic acids is 4. The smallest absolute Gasteiger partial charge is 0.462 e. The fourth-order valence-electron chi connectivity index (χ4n) is 9.28. The molecule has 5 atom stereocenters. The first-order valence-corrected chi connectivity index (χ1v) is 35.8. The Bertz CT molecular complexity index is 1570. The van der Waals surface area contributed by atoms with E-state index in [1.807, 2.05) is 0 Å². The zero-order valence-corrected chi connectivity index (χ0v) is 53.5. The van der Waals surface area contributed by atoms with Gasteiger partial charge in [-0.1, -0.05) is 265 Å². The number of esters is 4. The number of aliphatic hydroxyl groups is 1. The van der Waals surface area contributed by atoms with Crippen LogP contribution in [-0.4, -0.2) is 96.7 Å². The Morgan fingerprint density at radius 1 is 0.296 bits per heavy atom. The molecule has 0 radical (unpaired) electrons. The average Bonchev–Trinajstić information content (AvgIpc) is 3.44. The SMILES string of the molecule is CCCCCCCCCCCCCCCCCCCC(=O)O[C@H](COC(=O)CCCCCCCCCCCCCCCC)COP(=O)(O)OC[C@@H](O)COP(=O)(O)OC[C@@H](COC(=O)CCCCCCC)OC(=O)CCCCCCC. The number of hydrogen-bond acceptors (Lipinski definition) is 15. The summed E-state index contributed by atoms with van der Waals surface area (Å²) >= 11 is 0. The molecular weight excluding hydrogens is 1080 g/mol. The first kappa shape index (κ1) is 79.1. The van der Waals surface area contributed by atoms with Crippen LogP contribution >= 0.6 is 15.6 Å². The molecule has 17 nitrogen and oxygen atoms in total. The van der Waals surface area contributed by atoms with Crippen molar-refractivity contribution >= 4 is 39.5 Å². The summed E-state index contributed by atoms with van der Waals surface area (Å²) in [6.07, 6.45) is 42.5. The summed E-state index contributed by atoms with van der Waals surface area (Å²) in [5.74, 6) is -2.16. The van der Waals surface area contributed by atoms with Crippen molar-refractivity contribution in [1.82, 2.24) is 0 Å². The topological polar surface area (TPSA) is 237 Å². The van der Waals surface area contributed by atoms with E-state index in [-0.39, 0.29) is 25.7 Å². The molecule has 2 unspecified atom stereocenters. The third kappa shape index (κ3) is 56.9. The fourth-order valence-corrected chi connectivity index (χ4v) is 10.9. The van der Waals surface area contributed by atoms with E-state index >= 15 is 0 Å². The number of ether oxygens (including phenoxy) is 4. The molecule has 0 aromatic carbocycles. The molecule has 0 heterocycles. The molecule has 19 heteroatoms. The highest BCUT2D eigenvalue weighted by atomic mass is 31.2. The number of carbonyl (C=O) groups is 4. The molecule has 0 aliphatic carbocycles. The molecule has 0 aliphatic heterocycles. The average molecular weight is 1200 g/mol. The Labute approximate surface area is 492 Å². The monoisotopic (exact) mass is 1200 g/mol. The van der Waals surface area contributed by atoms with Crippen molar-refractivity contribution in [2.24, 2.45) is 0 Å². The van der Waals surface area contributed by atoms with Crippen molar-refractivity contribution in [2.75, 3.05) is 39.6 Å². The van der Waals surface area contributed by atoms with Crippen molar-refractivity contribution in [3.05, 3.63) is 0 Å². The lowest BCUT2D eigenvalue weighted by Crippen LogP contribution is -2.30. The predicted octanol–water partition coefficient (Wildman–Crippen LogP) is 17.2. The van der Waals surface area contributed by atoms with Crippen LogP contribution in [0.4, 0.5) is 0 Å². The van der Waals surface area contributed by atoms with Crippen molar-refractivity contribution in [3.63, 3.8) is 0 Å². The van der Waals surface area contributed by atoms with Crippen LogP contribution in [0.2, 0.25) is 0 Å². The second-order valence-corrected chi connectivity index (χ2v) is 25.4. The normalized spacial score (nSPS) is 14.2. The van der Waals surface area contributed by atoms with Crippen LogP contribution in [0.1, 0.15) is 317 Å². The number of phosphoric ester groups is 2. The van der Waals surface area contributed by atoms with E-state index in [2.05, 4.69) is 27.7 Å². The van der Waals surface area contributed by atoms with Gasteiger partial charge in [-0.2, -0.15) is 0 Å². The molecule has 0 bridgehead atoms. The highest BCUT2D eigenvalue weighted by Gasteiger charge is 2.30. The lowest BCUT2D eigenvalue weighted by Gasteiger charge is -2.21. The van der Waals surface area contributed by atoms with Crippen LogP contribution in [0.5, 0.6) is 0 Å². The third-order valence-corrected chi connectivity index (χ3v) is 16.3. The first-order valence-electron chi connectivity index (χ1n) is 32.8. The molecule has 0 aromatic rings. The van der Waals surface area contributed by atoms with Gasteiger partial charge in [0, 0.05) is 25.7 Å². The molecule has 0 rings (SSSR count). The van der Waals surface area contributed by atoms with Crippen LogP contribution in [0.3, 0.4) is 0 Å². The second-order valence-electron chi connectivity index (χ2n) is 22.4. The van der Waals surface area contributed by atoms with Crippen LogP contribution in [0.25, 0.3) is 0 Å². The standard InChI is InChI=1S/C62H120O17P2/c1-5-9-13-17-19-21-23-25-27-28-29-31-33-35-37-41-45-49-62(67)79-58(53-73-60(65)47-43-40-36-34-32-30-26-24-22-20-18-14-10-6-2)55-77-81(70,71)75-51-56(63)50-74-80(68,69)76-54-57(78-61(66)48-44-39-16-12-8-4)52-72-59(64)46-42-38-15-11-7-3/h56-58,63H,5-55H2,1-4H3,(H,68,69)(H,70,71)/t56-,57+,58+/m0/s1. The van der Waals surface area contributed by atoms with E-state index in [1.165, 1.54) is 141 Å². The Morgan fingerprint density at radius 3 is 0.728 bits per heavy atom. The summed E-state index contributed by atoms with van der Waals surface area (Å²) in [7, 11) is -9.86. The Kier molecular flexibility index (Phi) is 55.8. The molecule has 0 fully saturated rings. The van der Waals surface area contributed by atoms with Gasteiger partial charge in [0.1, 0.15) is 19.3 Å². The summed E-state index contributed by atoms with van der Waals surface area (Å²) in [4.78, 5) is 71.6. The van der Waals surface area contributed by atoms with Crippen molar-refractivity contribution in [2.45, 2.75) is 335 Å². The minimum absolute atomic E-state index is 0.0992. The number of phosphoric acid groups is 2. The Balaban J connectivity index is 5.09. The van der Waals surface area contributed by atoms with E-state index in [0.29, 0.717) is 25.7 Å². The summed E-state index contributed by atoms with van der Waals surface area (Å²) in [6.45, 7) is 4.70. The van der Waals surface area contributed by atoms with E-state index in [9.17, 15) is 43.2 Å². The maximum Gasteiger partial charge on any atom is 0.472 e. The second kappa shape index (κ2) is 57.2. The lowest BCUT2D eigenvalue weighted by atomic mass is 10.0. The Hall–Kier alpha value is -1.94. The predicted molar refractivity (Wildman–Crippen MR) is 322 cm³/mol. The first-order chi connectivity index (χ1) is 39.2. The van der Waals surface area contributed by atoms with Crippen LogP contribution in [-0.2, 0) is 65.4 Å². The zero-order valence-electron chi connectivity index (χ0n) is 51.7. The summed E-state index contributed by atoms with van der Waals surface area (Å²) in [5.41, 5.74) is 0. The van der Waals surface area contributed by atoms with Crippen molar-refractivity contribution in [3.8, 4) is 0 Å². The van der Waals surface area contributed by atoms with Crippen LogP contribution in [0, 0.1) is 0 Å². The van der Waals surface area contributed by atoms with Gasteiger partial charge in [0.2, 0.25) is 0 Å². The number of unbranched alkanes of at least 4 members (excludes halogenated alkanes) is 37. The van der Waals surface area contributed by atoms with Gasteiger partial charge in [-0.05, 0) is 25.7 Å². The zero-order chi connectivity index (χ0) is 59.8. The molecule has 0 spiro atoms. The maximum atomic E-state index is 13.0. The van der Waals surface area contributed by atoms with Gasteiger partial charge in [0.25, 0.3) is 0 Å². The molecule has 480 valence electrons. The number of rotatable bonds is 63. The van der Waals surface area contributed by atoms with E-state index in [0.717, 1.165) is 96.3 Å². The van der Waals surface area contributed by atoms with E-state index in [4.69, 9.17) is 37.0 Å². The molecule has 0 aliphatic rings. The van der Waals surface area contributed by atoms with Crippen molar-refractivity contribution in [1.29, 1.82) is 0 Å². The van der Waals surface area contributed by atoms with Gasteiger partial charge in [0.05, 0.1) is 26.4 Å². The Morgan fingerprint density at radius 2 is 0.494 bits per heavy atom. The highest BCUT2D eigenvalue weighted by Crippen LogP contribution is 2.45. The van der Waals surface area contributed by atoms with Gasteiger partial charge in [0.15, 0.2) is 12.2 Å². The van der Waals surface area contributed by atoms with Crippen molar-refractivity contribution < 1.29 is 80.2 Å². The highest BCUT2D eigenvalue weighted by molar-refractivity contribution is 7.47. The molecule has 0 saturated carbocycles. The van der Waals surface area contributed by atoms with Gasteiger partial charge < -0.3 is 33.8 Å².